The van der Waals surface area contributed by atoms with E-state index in [-0.39, 0.29) is 5.75 Å². The zero-order valence-electron chi connectivity index (χ0n) is 15.7. The summed E-state index contributed by atoms with van der Waals surface area (Å²) in [5.74, 6) is 1.14. The van der Waals surface area contributed by atoms with Crippen LogP contribution in [0.2, 0.25) is 0 Å². The van der Waals surface area contributed by atoms with Crippen LogP contribution in [0.1, 0.15) is 5.56 Å². The second kappa shape index (κ2) is 9.80. The molecule has 3 rings (SSSR count). The number of benzene rings is 2. The van der Waals surface area contributed by atoms with Crippen LogP contribution in [0.4, 0.5) is 13.2 Å². The topological polar surface area (TPSA) is 24.9 Å². The maximum Gasteiger partial charge on any atom is 0.416 e. The van der Waals surface area contributed by atoms with Gasteiger partial charge < -0.3 is 9.47 Å². The lowest BCUT2D eigenvalue weighted by Crippen LogP contribution is -2.48. The first-order chi connectivity index (χ1) is 13.5. The number of alkyl halides is 3. The zero-order chi connectivity index (χ0) is 19.8. The molecule has 0 N–H and O–H groups in total. The molecule has 0 atom stereocenters. The summed E-state index contributed by atoms with van der Waals surface area (Å²) in [5, 5.41) is 0. The van der Waals surface area contributed by atoms with E-state index >= 15 is 0 Å². The van der Waals surface area contributed by atoms with Crippen LogP contribution in [0.3, 0.4) is 0 Å². The highest BCUT2D eigenvalue weighted by Crippen LogP contribution is 2.31. The molecule has 0 radical (unpaired) electrons. The van der Waals surface area contributed by atoms with E-state index in [2.05, 4.69) is 9.80 Å². The Morgan fingerprint density at radius 2 is 1.25 bits per heavy atom. The lowest BCUT2D eigenvalue weighted by Gasteiger charge is -2.34. The minimum absolute atomic E-state index is 0.256. The van der Waals surface area contributed by atoms with Crippen LogP contribution in [0.25, 0.3) is 0 Å². The third-order valence-electron chi connectivity index (χ3n) is 4.72. The molecule has 4 nitrogen and oxygen atoms in total. The minimum Gasteiger partial charge on any atom is -0.492 e. The highest BCUT2D eigenvalue weighted by molar-refractivity contribution is 5.30. The average Bonchev–Trinajstić information content (AvgIpc) is 2.70. The van der Waals surface area contributed by atoms with Gasteiger partial charge in [-0.25, -0.2) is 0 Å². The Hall–Kier alpha value is -2.25. The maximum absolute atomic E-state index is 12.7. The summed E-state index contributed by atoms with van der Waals surface area (Å²) >= 11 is 0. The van der Waals surface area contributed by atoms with Gasteiger partial charge in [0.2, 0.25) is 0 Å². The second-order valence-electron chi connectivity index (χ2n) is 6.72. The molecular weight excluding hydrogens is 369 g/mol. The molecule has 0 amide bonds. The minimum atomic E-state index is -4.35. The van der Waals surface area contributed by atoms with Crippen LogP contribution in [0.5, 0.6) is 11.5 Å². The molecule has 1 heterocycles. The molecule has 0 bridgehead atoms. The van der Waals surface area contributed by atoms with Gasteiger partial charge in [-0.2, -0.15) is 13.2 Å². The van der Waals surface area contributed by atoms with Gasteiger partial charge in [0.1, 0.15) is 24.7 Å². The summed E-state index contributed by atoms with van der Waals surface area (Å²) in [6, 6.07) is 14.8. The Morgan fingerprint density at radius 1 is 0.714 bits per heavy atom. The van der Waals surface area contributed by atoms with Crippen molar-refractivity contribution in [3.63, 3.8) is 0 Å². The lowest BCUT2D eigenvalue weighted by atomic mass is 10.2. The van der Waals surface area contributed by atoms with E-state index in [0.29, 0.717) is 19.8 Å². The highest BCUT2D eigenvalue weighted by atomic mass is 19.4. The van der Waals surface area contributed by atoms with Crippen LogP contribution in [-0.4, -0.2) is 62.3 Å². The Balaban J connectivity index is 1.31. The predicted molar refractivity (Wildman–Crippen MR) is 102 cm³/mol. The van der Waals surface area contributed by atoms with Gasteiger partial charge in [-0.05, 0) is 30.3 Å². The third kappa shape index (κ3) is 6.42. The van der Waals surface area contributed by atoms with Gasteiger partial charge in [0.25, 0.3) is 0 Å². The Morgan fingerprint density at radius 3 is 1.82 bits per heavy atom. The number of hydrogen-bond acceptors (Lipinski definition) is 4. The molecule has 1 aliphatic heterocycles. The summed E-state index contributed by atoms with van der Waals surface area (Å²) in [6.45, 7) is 6.33. The average molecular weight is 394 g/mol. The summed E-state index contributed by atoms with van der Waals surface area (Å²) in [4.78, 5) is 4.62. The van der Waals surface area contributed by atoms with Crippen LogP contribution < -0.4 is 9.47 Å². The molecule has 2 aromatic rings. The number of nitrogens with zero attached hydrogens (tertiary/aromatic N) is 2. The molecule has 0 aromatic heterocycles. The zero-order valence-corrected chi connectivity index (χ0v) is 15.7. The quantitative estimate of drug-likeness (QED) is 0.680. The standard InChI is InChI=1S/C21H25F3N2O2/c22-21(23,24)18-5-4-8-20(17-18)28-16-14-26-11-9-25(10-12-26)13-15-27-19-6-2-1-3-7-19/h1-8,17H,9-16H2. The van der Waals surface area contributed by atoms with Crippen molar-refractivity contribution in [2.75, 3.05) is 52.5 Å². The largest absolute Gasteiger partial charge is 0.492 e. The van der Waals surface area contributed by atoms with Gasteiger partial charge in [-0.1, -0.05) is 24.3 Å². The van der Waals surface area contributed by atoms with Crippen molar-refractivity contribution in [1.29, 1.82) is 0 Å². The Kier molecular flexibility index (Phi) is 7.17. The number of hydrogen-bond donors (Lipinski definition) is 0. The predicted octanol–water partition coefficient (Wildman–Crippen LogP) is 3.78. The summed E-state index contributed by atoms with van der Waals surface area (Å²) in [6.07, 6.45) is -4.35. The van der Waals surface area contributed by atoms with E-state index < -0.39 is 11.7 Å². The SMILES string of the molecule is FC(F)(F)c1cccc(OCCN2CCN(CCOc3ccccc3)CC2)c1. The van der Waals surface area contributed by atoms with Crippen molar-refractivity contribution < 1.29 is 22.6 Å². The molecule has 1 fully saturated rings. The van der Waals surface area contributed by atoms with Gasteiger partial charge >= 0.3 is 6.18 Å². The fraction of sp³-hybridized carbons (Fsp3) is 0.429. The van der Waals surface area contributed by atoms with Crippen molar-refractivity contribution in [1.82, 2.24) is 9.80 Å². The maximum atomic E-state index is 12.7. The van der Waals surface area contributed by atoms with Crippen LogP contribution in [0, 0.1) is 0 Å². The summed E-state index contributed by atoms with van der Waals surface area (Å²) in [5.41, 5.74) is -0.684. The molecule has 0 spiro atoms. The molecule has 152 valence electrons. The van der Waals surface area contributed by atoms with Crippen molar-refractivity contribution >= 4 is 0 Å². The molecule has 0 aliphatic carbocycles. The molecule has 0 saturated carbocycles. The van der Waals surface area contributed by atoms with E-state index in [9.17, 15) is 13.2 Å². The van der Waals surface area contributed by atoms with E-state index in [4.69, 9.17) is 9.47 Å². The molecule has 1 saturated heterocycles. The molecular formula is C21H25F3N2O2. The number of halogens is 3. The Bertz CT molecular complexity index is 717. The first-order valence-corrected chi connectivity index (χ1v) is 9.43. The monoisotopic (exact) mass is 394 g/mol. The first-order valence-electron chi connectivity index (χ1n) is 9.43. The van der Waals surface area contributed by atoms with Crippen molar-refractivity contribution in [3.05, 3.63) is 60.2 Å². The van der Waals surface area contributed by atoms with E-state index in [1.165, 1.54) is 6.07 Å². The molecule has 0 unspecified atom stereocenters. The van der Waals surface area contributed by atoms with E-state index in [1.54, 1.807) is 6.07 Å². The van der Waals surface area contributed by atoms with Gasteiger partial charge in [0.05, 0.1) is 5.56 Å². The van der Waals surface area contributed by atoms with Crippen molar-refractivity contribution in [2.45, 2.75) is 6.18 Å². The molecule has 28 heavy (non-hydrogen) atoms. The lowest BCUT2D eigenvalue weighted by molar-refractivity contribution is -0.137. The van der Waals surface area contributed by atoms with E-state index in [1.807, 2.05) is 30.3 Å². The van der Waals surface area contributed by atoms with Gasteiger partial charge in [-0.15, -0.1) is 0 Å². The van der Waals surface area contributed by atoms with Gasteiger partial charge in [0.15, 0.2) is 0 Å². The Labute approximate surface area is 163 Å². The molecule has 2 aromatic carbocycles. The van der Waals surface area contributed by atoms with Crippen LogP contribution in [0.15, 0.2) is 54.6 Å². The van der Waals surface area contributed by atoms with Gasteiger partial charge in [-0.3, -0.25) is 9.80 Å². The van der Waals surface area contributed by atoms with Crippen molar-refractivity contribution in [2.24, 2.45) is 0 Å². The van der Waals surface area contributed by atoms with Crippen LogP contribution in [-0.2, 0) is 6.18 Å². The van der Waals surface area contributed by atoms with Crippen molar-refractivity contribution in [3.8, 4) is 11.5 Å². The summed E-state index contributed by atoms with van der Waals surface area (Å²) in [7, 11) is 0. The number of ether oxygens (including phenoxy) is 2. The van der Waals surface area contributed by atoms with Crippen LogP contribution >= 0.6 is 0 Å². The summed E-state index contributed by atoms with van der Waals surface area (Å²) < 4.78 is 49.4. The number of piperazine rings is 1. The van der Waals surface area contributed by atoms with Gasteiger partial charge in [0, 0.05) is 39.3 Å². The number of rotatable bonds is 8. The number of para-hydroxylation sites is 1. The smallest absolute Gasteiger partial charge is 0.416 e. The molecule has 1 aliphatic rings. The highest BCUT2D eigenvalue weighted by Gasteiger charge is 2.30. The third-order valence-corrected chi connectivity index (χ3v) is 4.72. The van der Waals surface area contributed by atoms with E-state index in [0.717, 1.165) is 50.6 Å². The fourth-order valence-corrected chi connectivity index (χ4v) is 3.10. The first kappa shape index (κ1) is 20.5. The molecule has 7 heteroatoms. The normalized spacial score (nSPS) is 16.1. The fourth-order valence-electron chi connectivity index (χ4n) is 3.10. The second-order valence-corrected chi connectivity index (χ2v) is 6.72.